The summed E-state index contributed by atoms with van der Waals surface area (Å²) in [7, 11) is 0. The fraction of sp³-hybridized carbons (Fsp3) is 0.778. The maximum absolute atomic E-state index is 4.34. The van der Waals surface area contributed by atoms with Crippen LogP contribution in [-0.4, -0.2) is 26.7 Å². The lowest BCUT2D eigenvalue weighted by Gasteiger charge is -2.10. The number of hydrogen-bond donors (Lipinski definition) is 2. The van der Waals surface area contributed by atoms with Crippen LogP contribution in [-0.2, 0) is 0 Å². The molecule has 1 unspecified atom stereocenters. The number of aryl methyl sites for hydroxylation is 1. The van der Waals surface area contributed by atoms with Gasteiger partial charge in [-0.25, -0.2) is 4.98 Å². The van der Waals surface area contributed by atoms with Gasteiger partial charge in [-0.2, -0.15) is 12.6 Å². The molecular formula is C9H17N3S2. The summed E-state index contributed by atoms with van der Waals surface area (Å²) >= 11 is 6.05. The van der Waals surface area contributed by atoms with Gasteiger partial charge in [-0.05, 0) is 25.0 Å². The second kappa shape index (κ2) is 6.35. The number of nitrogens with zero attached hydrogens (tertiary/aromatic N) is 2. The Morgan fingerprint density at radius 2 is 2.36 bits per heavy atom. The highest BCUT2D eigenvalue weighted by Crippen LogP contribution is 2.20. The Morgan fingerprint density at radius 1 is 1.57 bits per heavy atom. The predicted octanol–water partition coefficient (Wildman–Crippen LogP) is 2.55. The minimum atomic E-state index is 0.673. The molecule has 0 bridgehead atoms. The summed E-state index contributed by atoms with van der Waals surface area (Å²) < 4.78 is 0. The second-order valence-corrected chi connectivity index (χ2v) is 4.70. The SMILES string of the molecule is CCCC(CS)CSc1n[nH]c(C)n1. The molecule has 0 aliphatic heterocycles. The van der Waals surface area contributed by atoms with Gasteiger partial charge in [0, 0.05) is 5.75 Å². The van der Waals surface area contributed by atoms with Crippen LogP contribution in [0.5, 0.6) is 0 Å². The van der Waals surface area contributed by atoms with Crippen LogP contribution < -0.4 is 0 Å². The van der Waals surface area contributed by atoms with Gasteiger partial charge in [-0.3, -0.25) is 5.10 Å². The van der Waals surface area contributed by atoms with Gasteiger partial charge in [0.05, 0.1) is 0 Å². The molecule has 5 heteroatoms. The van der Waals surface area contributed by atoms with E-state index in [9.17, 15) is 0 Å². The Kier molecular flexibility index (Phi) is 5.40. The van der Waals surface area contributed by atoms with Crippen molar-refractivity contribution in [3.63, 3.8) is 0 Å². The fourth-order valence-corrected chi connectivity index (χ4v) is 2.68. The van der Waals surface area contributed by atoms with Crippen molar-refractivity contribution in [3.05, 3.63) is 5.82 Å². The molecule has 0 radical (unpaired) electrons. The first-order chi connectivity index (χ1) is 6.76. The van der Waals surface area contributed by atoms with Crippen LogP contribution in [0.2, 0.25) is 0 Å². The fourth-order valence-electron chi connectivity index (χ4n) is 1.21. The molecule has 14 heavy (non-hydrogen) atoms. The Bertz CT molecular complexity index is 262. The molecule has 3 nitrogen and oxygen atoms in total. The molecular weight excluding hydrogens is 214 g/mol. The lowest BCUT2D eigenvalue weighted by molar-refractivity contribution is 0.595. The summed E-state index contributed by atoms with van der Waals surface area (Å²) in [4.78, 5) is 4.25. The van der Waals surface area contributed by atoms with Crippen molar-refractivity contribution in [3.8, 4) is 0 Å². The number of H-pyrrole nitrogens is 1. The molecule has 0 aliphatic carbocycles. The first kappa shape index (κ1) is 11.9. The summed E-state index contributed by atoms with van der Waals surface area (Å²) in [5.74, 6) is 3.57. The first-order valence-corrected chi connectivity index (χ1v) is 6.50. The summed E-state index contributed by atoms with van der Waals surface area (Å²) in [5.41, 5.74) is 0. The Labute approximate surface area is 94.9 Å². The number of thioether (sulfide) groups is 1. The molecule has 80 valence electrons. The molecule has 0 aromatic carbocycles. The average molecular weight is 231 g/mol. The predicted molar refractivity (Wildman–Crippen MR) is 64.1 cm³/mol. The zero-order valence-corrected chi connectivity index (χ0v) is 10.4. The lowest BCUT2D eigenvalue weighted by atomic mass is 10.1. The van der Waals surface area contributed by atoms with E-state index in [2.05, 4.69) is 34.7 Å². The maximum atomic E-state index is 4.34. The van der Waals surface area contributed by atoms with Gasteiger partial charge in [0.2, 0.25) is 5.16 Å². The smallest absolute Gasteiger partial charge is 0.208 e. The summed E-state index contributed by atoms with van der Waals surface area (Å²) in [6, 6.07) is 0. The summed E-state index contributed by atoms with van der Waals surface area (Å²) in [6.45, 7) is 4.12. The summed E-state index contributed by atoms with van der Waals surface area (Å²) in [6.07, 6.45) is 2.46. The third kappa shape index (κ3) is 3.92. The van der Waals surface area contributed by atoms with E-state index in [0.717, 1.165) is 22.5 Å². The zero-order valence-electron chi connectivity index (χ0n) is 8.66. The quantitative estimate of drug-likeness (QED) is 0.584. The van der Waals surface area contributed by atoms with Gasteiger partial charge in [0.25, 0.3) is 0 Å². The highest BCUT2D eigenvalue weighted by molar-refractivity contribution is 7.99. The molecule has 0 aliphatic rings. The van der Waals surface area contributed by atoms with Crippen molar-refractivity contribution >= 4 is 24.4 Å². The van der Waals surface area contributed by atoms with Crippen LogP contribution in [0, 0.1) is 12.8 Å². The molecule has 0 fully saturated rings. The minimum Gasteiger partial charge on any atom is -0.262 e. The van der Waals surface area contributed by atoms with E-state index in [1.165, 1.54) is 12.8 Å². The molecule has 1 atom stereocenters. The lowest BCUT2D eigenvalue weighted by Crippen LogP contribution is -2.05. The average Bonchev–Trinajstić information content (AvgIpc) is 2.59. The van der Waals surface area contributed by atoms with Gasteiger partial charge in [0.1, 0.15) is 5.82 Å². The highest BCUT2D eigenvalue weighted by Gasteiger charge is 2.08. The molecule has 0 spiro atoms. The van der Waals surface area contributed by atoms with Gasteiger partial charge < -0.3 is 0 Å². The van der Waals surface area contributed by atoms with E-state index in [-0.39, 0.29) is 0 Å². The van der Waals surface area contributed by atoms with Crippen LogP contribution in [0.4, 0.5) is 0 Å². The zero-order chi connectivity index (χ0) is 10.4. The monoisotopic (exact) mass is 231 g/mol. The van der Waals surface area contributed by atoms with E-state index >= 15 is 0 Å². The van der Waals surface area contributed by atoms with Crippen molar-refractivity contribution in [2.24, 2.45) is 5.92 Å². The third-order valence-corrected chi connectivity index (χ3v) is 3.58. The van der Waals surface area contributed by atoms with Crippen molar-refractivity contribution in [1.29, 1.82) is 0 Å². The third-order valence-electron chi connectivity index (χ3n) is 1.98. The van der Waals surface area contributed by atoms with E-state index in [0.29, 0.717) is 5.92 Å². The minimum absolute atomic E-state index is 0.673. The number of rotatable bonds is 6. The maximum Gasteiger partial charge on any atom is 0.208 e. The molecule has 1 aromatic heterocycles. The molecule has 1 heterocycles. The molecule has 1 aromatic rings. The van der Waals surface area contributed by atoms with E-state index in [4.69, 9.17) is 0 Å². The Morgan fingerprint density at radius 3 is 2.86 bits per heavy atom. The van der Waals surface area contributed by atoms with E-state index < -0.39 is 0 Å². The number of hydrogen-bond acceptors (Lipinski definition) is 4. The first-order valence-electron chi connectivity index (χ1n) is 4.89. The van der Waals surface area contributed by atoms with E-state index in [1.54, 1.807) is 11.8 Å². The second-order valence-electron chi connectivity index (χ2n) is 3.35. The van der Waals surface area contributed by atoms with E-state index in [1.807, 2.05) is 6.92 Å². The van der Waals surface area contributed by atoms with Gasteiger partial charge in [-0.1, -0.05) is 25.1 Å². The molecule has 1 N–H and O–H groups in total. The normalized spacial score (nSPS) is 13.1. The Balaban J connectivity index is 2.31. The number of aromatic amines is 1. The molecule has 0 saturated carbocycles. The van der Waals surface area contributed by atoms with Gasteiger partial charge in [-0.15, -0.1) is 5.10 Å². The topological polar surface area (TPSA) is 41.6 Å². The van der Waals surface area contributed by atoms with Gasteiger partial charge >= 0.3 is 0 Å². The van der Waals surface area contributed by atoms with Crippen LogP contribution in [0.3, 0.4) is 0 Å². The van der Waals surface area contributed by atoms with Crippen molar-refractivity contribution < 1.29 is 0 Å². The number of thiol groups is 1. The van der Waals surface area contributed by atoms with Crippen LogP contribution >= 0.6 is 24.4 Å². The van der Waals surface area contributed by atoms with Crippen LogP contribution in [0.25, 0.3) is 0 Å². The summed E-state index contributed by atoms with van der Waals surface area (Å²) in [5, 5.41) is 7.78. The van der Waals surface area contributed by atoms with Crippen molar-refractivity contribution in [2.75, 3.05) is 11.5 Å². The molecule has 0 saturated heterocycles. The van der Waals surface area contributed by atoms with Gasteiger partial charge in [0.15, 0.2) is 0 Å². The number of nitrogens with one attached hydrogen (secondary N) is 1. The van der Waals surface area contributed by atoms with Crippen molar-refractivity contribution in [2.45, 2.75) is 31.8 Å². The molecule has 0 amide bonds. The van der Waals surface area contributed by atoms with Crippen LogP contribution in [0.1, 0.15) is 25.6 Å². The van der Waals surface area contributed by atoms with Crippen molar-refractivity contribution in [1.82, 2.24) is 15.2 Å². The largest absolute Gasteiger partial charge is 0.262 e. The standard InChI is InChI=1S/C9H17N3S2/c1-3-4-8(5-13)6-14-9-10-7(2)11-12-9/h8,13H,3-6H2,1-2H3,(H,10,11,12). The number of aromatic nitrogens is 3. The highest BCUT2D eigenvalue weighted by atomic mass is 32.2. The Hall–Kier alpha value is -0.160. The molecule has 1 rings (SSSR count). The van der Waals surface area contributed by atoms with Crippen LogP contribution in [0.15, 0.2) is 5.16 Å².